The Morgan fingerprint density at radius 3 is 1.87 bits per heavy atom. The van der Waals surface area contributed by atoms with Crippen molar-refractivity contribution in [2.24, 2.45) is 0 Å². The van der Waals surface area contributed by atoms with E-state index in [1.54, 1.807) is 60.5 Å². The van der Waals surface area contributed by atoms with Crippen molar-refractivity contribution in [3.8, 4) is 22.3 Å². The number of pyridine rings is 2. The molecule has 0 bridgehead atoms. The van der Waals surface area contributed by atoms with Gasteiger partial charge in [-0.05, 0) is 71.1 Å². The number of carboxylic acid groups (broad SMARTS) is 1. The third-order valence-electron chi connectivity index (χ3n) is 7.83. The first-order chi connectivity index (χ1) is 22.5. The van der Waals surface area contributed by atoms with Gasteiger partial charge < -0.3 is 14.9 Å². The highest BCUT2D eigenvalue weighted by molar-refractivity contribution is 7.18. The second-order valence-electron chi connectivity index (χ2n) is 10.7. The van der Waals surface area contributed by atoms with Gasteiger partial charge in [-0.25, -0.2) is 14.8 Å². The monoisotopic (exact) mass is 628 g/mol. The van der Waals surface area contributed by atoms with E-state index in [2.05, 4.69) is 37.8 Å². The Balaban J connectivity index is 0.000000208. The minimum absolute atomic E-state index is 0.0778. The molecule has 5 heterocycles. The van der Waals surface area contributed by atoms with E-state index in [0.717, 1.165) is 63.4 Å². The lowest BCUT2D eigenvalue weighted by atomic mass is 10.0. The maximum absolute atomic E-state index is 13.0. The predicted octanol–water partition coefficient (Wildman–Crippen LogP) is 6.72. The quantitative estimate of drug-likeness (QED) is 0.216. The van der Waals surface area contributed by atoms with Crippen LogP contribution in [-0.4, -0.2) is 68.0 Å². The third kappa shape index (κ3) is 6.92. The molecule has 6 aromatic rings. The number of aryl methyl sites for hydroxylation is 1. The average molecular weight is 629 g/mol. The van der Waals surface area contributed by atoms with Crippen LogP contribution in [0.3, 0.4) is 0 Å². The number of aromatic nitrogens is 4. The van der Waals surface area contributed by atoms with Gasteiger partial charge in [-0.1, -0.05) is 43.3 Å². The molecule has 1 saturated heterocycles. The van der Waals surface area contributed by atoms with E-state index < -0.39 is 5.97 Å². The lowest BCUT2D eigenvalue weighted by molar-refractivity contribution is 0.0695. The molecule has 7 rings (SSSR count). The van der Waals surface area contributed by atoms with Gasteiger partial charge >= 0.3 is 5.97 Å². The molecule has 0 saturated carbocycles. The van der Waals surface area contributed by atoms with E-state index in [1.807, 2.05) is 59.6 Å². The number of carbonyl (C=O) groups excluding carboxylic acids is 1. The molecular formula is C36H32N6O3S. The van der Waals surface area contributed by atoms with E-state index in [1.165, 1.54) is 4.88 Å². The minimum Gasteiger partial charge on any atom is -0.478 e. The van der Waals surface area contributed by atoms with Crippen LogP contribution in [0.25, 0.3) is 32.5 Å². The van der Waals surface area contributed by atoms with Crippen LogP contribution in [0.1, 0.15) is 32.5 Å². The molecule has 0 radical (unpaired) electrons. The number of fused-ring (bicyclic) bond motifs is 1. The largest absolute Gasteiger partial charge is 0.478 e. The number of anilines is 1. The smallest absolute Gasteiger partial charge is 0.335 e. The Morgan fingerprint density at radius 1 is 0.761 bits per heavy atom. The molecule has 46 heavy (non-hydrogen) atoms. The van der Waals surface area contributed by atoms with Gasteiger partial charge in [0.05, 0.1) is 10.9 Å². The van der Waals surface area contributed by atoms with E-state index >= 15 is 0 Å². The fourth-order valence-corrected chi connectivity index (χ4v) is 6.23. The highest BCUT2D eigenvalue weighted by Gasteiger charge is 2.24. The molecular weight excluding hydrogens is 597 g/mol. The number of hydrogen-bond donors (Lipinski definition) is 1. The fraction of sp³-hybridized carbons (Fsp3) is 0.167. The van der Waals surface area contributed by atoms with E-state index in [9.17, 15) is 9.59 Å². The zero-order valence-electron chi connectivity index (χ0n) is 25.3. The van der Waals surface area contributed by atoms with Crippen LogP contribution in [0.4, 0.5) is 5.82 Å². The zero-order chi connectivity index (χ0) is 31.9. The second kappa shape index (κ2) is 14.1. The fourth-order valence-electron chi connectivity index (χ4n) is 5.30. The van der Waals surface area contributed by atoms with Crippen LogP contribution in [0, 0.1) is 0 Å². The molecule has 1 amide bonds. The SMILES string of the molecule is CCc1cc2c(N3CCN(C(=O)c4ccc(-c5cccnc5)cc4)CC3)ncnc2s1.O=C(O)c1ccc(-c2cccnc2)cc1. The number of carboxylic acids is 1. The van der Waals surface area contributed by atoms with Crippen molar-refractivity contribution in [1.82, 2.24) is 24.8 Å². The Labute approximate surface area is 270 Å². The number of nitrogens with zero attached hydrogens (tertiary/aromatic N) is 6. The Morgan fingerprint density at radius 2 is 1.35 bits per heavy atom. The molecule has 0 unspecified atom stereocenters. The summed E-state index contributed by atoms with van der Waals surface area (Å²) in [4.78, 5) is 47.4. The molecule has 1 fully saturated rings. The summed E-state index contributed by atoms with van der Waals surface area (Å²) in [7, 11) is 0. The van der Waals surface area contributed by atoms with Crippen LogP contribution < -0.4 is 4.90 Å². The van der Waals surface area contributed by atoms with E-state index in [0.29, 0.717) is 18.7 Å². The van der Waals surface area contributed by atoms with Crippen LogP contribution in [0.2, 0.25) is 0 Å². The molecule has 9 nitrogen and oxygen atoms in total. The summed E-state index contributed by atoms with van der Waals surface area (Å²) in [5, 5.41) is 9.85. The highest BCUT2D eigenvalue weighted by Crippen LogP contribution is 2.31. The van der Waals surface area contributed by atoms with Gasteiger partial charge in [0.15, 0.2) is 0 Å². The summed E-state index contributed by atoms with van der Waals surface area (Å²) in [6.07, 6.45) is 9.69. The number of thiophene rings is 1. The first-order valence-corrected chi connectivity index (χ1v) is 15.8. The van der Waals surface area contributed by atoms with Gasteiger partial charge in [0, 0.05) is 61.4 Å². The Bertz CT molecular complexity index is 1920. The predicted molar refractivity (Wildman–Crippen MR) is 181 cm³/mol. The highest BCUT2D eigenvalue weighted by atomic mass is 32.1. The zero-order valence-corrected chi connectivity index (χ0v) is 26.1. The summed E-state index contributed by atoms with van der Waals surface area (Å²) >= 11 is 1.73. The lowest BCUT2D eigenvalue weighted by Crippen LogP contribution is -2.49. The number of aromatic carboxylic acids is 1. The Hall–Kier alpha value is -5.48. The van der Waals surface area contributed by atoms with Gasteiger partial charge in [-0.15, -0.1) is 11.3 Å². The number of rotatable bonds is 6. The van der Waals surface area contributed by atoms with Crippen molar-refractivity contribution >= 4 is 39.2 Å². The molecule has 0 atom stereocenters. The summed E-state index contributed by atoms with van der Waals surface area (Å²) in [5.74, 6) is 0.149. The van der Waals surface area contributed by atoms with Gasteiger partial charge in [-0.2, -0.15) is 0 Å². The average Bonchev–Trinajstić information content (AvgIpc) is 3.57. The maximum Gasteiger partial charge on any atom is 0.335 e. The maximum atomic E-state index is 13.0. The molecule has 1 aliphatic rings. The van der Waals surface area contributed by atoms with Crippen molar-refractivity contribution in [2.45, 2.75) is 13.3 Å². The second-order valence-corrected chi connectivity index (χ2v) is 11.8. The molecule has 10 heteroatoms. The lowest BCUT2D eigenvalue weighted by Gasteiger charge is -2.35. The summed E-state index contributed by atoms with van der Waals surface area (Å²) < 4.78 is 0. The van der Waals surface area contributed by atoms with Gasteiger partial charge in [0.25, 0.3) is 5.91 Å². The van der Waals surface area contributed by atoms with Crippen molar-refractivity contribution in [3.05, 3.63) is 126 Å². The van der Waals surface area contributed by atoms with Gasteiger partial charge in [-0.3, -0.25) is 14.8 Å². The molecule has 0 aliphatic carbocycles. The van der Waals surface area contributed by atoms with Crippen molar-refractivity contribution in [1.29, 1.82) is 0 Å². The summed E-state index contributed by atoms with van der Waals surface area (Å²) in [6, 6.07) is 24.4. The van der Waals surface area contributed by atoms with Crippen LogP contribution >= 0.6 is 11.3 Å². The molecule has 1 aliphatic heterocycles. The number of piperazine rings is 1. The van der Waals surface area contributed by atoms with Crippen molar-refractivity contribution < 1.29 is 14.7 Å². The normalized spacial score (nSPS) is 12.8. The standard InChI is InChI=1S/C24H23N5OS.C12H9NO2/c1-2-20-14-21-22(26-16-27-23(21)31-20)28-10-12-29(13-11-28)24(30)18-7-5-17(6-8-18)19-4-3-9-25-15-19;14-12(15)10-5-3-9(4-6-10)11-2-1-7-13-8-11/h3-9,14-16H,2,10-13H2,1H3;1-8H,(H,14,15). The molecule has 2 aromatic carbocycles. The van der Waals surface area contributed by atoms with Gasteiger partial charge in [0.1, 0.15) is 17.0 Å². The van der Waals surface area contributed by atoms with Crippen LogP contribution in [0.15, 0.2) is 110 Å². The molecule has 1 N–H and O–H groups in total. The molecule has 230 valence electrons. The van der Waals surface area contributed by atoms with Crippen molar-refractivity contribution in [2.75, 3.05) is 31.1 Å². The molecule has 0 spiro atoms. The van der Waals surface area contributed by atoms with E-state index in [-0.39, 0.29) is 5.91 Å². The third-order valence-corrected chi connectivity index (χ3v) is 9.02. The number of benzene rings is 2. The Kier molecular flexibility index (Phi) is 9.35. The van der Waals surface area contributed by atoms with Crippen LogP contribution in [0.5, 0.6) is 0 Å². The number of carbonyl (C=O) groups is 2. The minimum atomic E-state index is -0.910. The molecule has 4 aromatic heterocycles. The number of hydrogen-bond acceptors (Lipinski definition) is 8. The first kappa shape index (κ1) is 30.5. The summed E-state index contributed by atoms with van der Waals surface area (Å²) in [6.45, 7) is 5.05. The van der Waals surface area contributed by atoms with Crippen molar-refractivity contribution in [3.63, 3.8) is 0 Å². The van der Waals surface area contributed by atoms with Gasteiger partial charge in [0.2, 0.25) is 0 Å². The summed E-state index contributed by atoms with van der Waals surface area (Å²) in [5.41, 5.74) is 5.07. The van der Waals surface area contributed by atoms with E-state index in [4.69, 9.17) is 5.11 Å². The topological polar surface area (TPSA) is 112 Å². The number of amides is 1. The van der Waals surface area contributed by atoms with Crippen LogP contribution in [-0.2, 0) is 6.42 Å². The first-order valence-electron chi connectivity index (χ1n) is 15.0.